The smallest absolute Gasteiger partial charge is 0.313 e. The van der Waals surface area contributed by atoms with Crippen LogP contribution in [0.1, 0.15) is 17.9 Å². The number of nitro groups is 2. The number of anilines is 1. The van der Waals surface area contributed by atoms with Gasteiger partial charge in [0.25, 0.3) is 5.69 Å². The van der Waals surface area contributed by atoms with E-state index >= 15 is 0 Å². The number of benzene rings is 2. The molecular weight excluding hydrogens is 392 g/mol. The fraction of sp³-hybridized carbons (Fsp3) is 0.176. The molecule has 2 aromatic carbocycles. The zero-order valence-electron chi connectivity index (χ0n) is 14.6. The van der Waals surface area contributed by atoms with Crippen molar-refractivity contribution in [2.24, 2.45) is 5.10 Å². The van der Waals surface area contributed by atoms with Crippen molar-refractivity contribution >= 4 is 40.8 Å². The van der Waals surface area contributed by atoms with Crippen LogP contribution in [0.25, 0.3) is 0 Å². The lowest BCUT2D eigenvalue weighted by molar-refractivity contribution is -0.393. The summed E-state index contributed by atoms with van der Waals surface area (Å²) >= 11 is 5.85. The molecule has 2 aromatic rings. The Kier molecular flexibility index (Phi) is 6.99. The molecule has 0 aliphatic heterocycles. The van der Waals surface area contributed by atoms with Gasteiger partial charge in [-0.1, -0.05) is 23.7 Å². The minimum absolute atomic E-state index is 0.0204. The number of carbonyl (C=O) groups excluding carboxylic acids is 1. The number of nitrogens with zero attached hydrogens (tertiary/aromatic N) is 3. The van der Waals surface area contributed by atoms with Crippen molar-refractivity contribution in [1.29, 1.82) is 0 Å². The van der Waals surface area contributed by atoms with E-state index < -0.39 is 33.1 Å². The third kappa shape index (κ3) is 5.24. The Morgan fingerprint density at radius 3 is 2.46 bits per heavy atom. The molecule has 0 fully saturated rings. The maximum absolute atomic E-state index is 12.0. The van der Waals surface area contributed by atoms with Crippen molar-refractivity contribution in [2.75, 3.05) is 12.5 Å². The van der Waals surface area contributed by atoms with Gasteiger partial charge < -0.3 is 4.74 Å². The molecule has 28 heavy (non-hydrogen) atoms. The number of nitro benzene ring substituents is 2. The normalized spacial score (nSPS) is 11.8. The molecule has 0 saturated heterocycles. The molecular formula is C17H15ClN4O6. The molecule has 10 nitrogen and oxygen atoms in total. The van der Waals surface area contributed by atoms with Gasteiger partial charge in [-0.2, -0.15) is 5.10 Å². The van der Waals surface area contributed by atoms with Gasteiger partial charge in [0.05, 0.1) is 28.9 Å². The molecule has 0 aromatic heterocycles. The fourth-order valence-corrected chi connectivity index (χ4v) is 2.48. The number of carbonyl (C=O) groups is 1. The second-order valence-electron chi connectivity index (χ2n) is 5.50. The quantitative estimate of drug-likeness (QED) is 0.303. The van der Waals surface area contributed by atoms with Gasteiger partial charge in [0, 0.05) is 23.7 Å². The number of non-ortho nitro benzene ring substituents is 1. The van der Waals surface area contributed by atoms with Crippen LogP contribution in [0.4, 0.5) is 17.1 Å². The molecule has 1 unspecified atom stereocenters. The summed E-state index contributed by atoms with van der Waals surface area (Å²) in [6, 6.07) is 9.80. The zero-order chi connectivity index (χ0) is 20.7. The van der Waals surface area contributed by atoms with Crippen LogP contribution >= 0.6 is 11.6 Å². The molecule has 1 atom stereocenters. The highest BCUT2D eigenvalue weighted by Gasteiger charge is 2.21. The summed E-state index contributed by atoms with van der Waals surface area (Å²) in [5.74, 6) is -1.12. The molecule has 0 radical (unpaired) electrons. The van der Waals surface area contributed by atoms with Crippen LogP contribution in [0.2, 0.25) is 5.02 Å². The Bertz CT molecular complexity index is 916. The second kappa shape index (κ2) is 9.42. The van der Waals surface area contributed by atoms with Gasteiger partial charge in [0.15, 0.2) is 0 Å². The van der Waals surface area contributed by atoms with E-state index in [0.717, 1.165) is 12.1 Å². The summed E-state index contributed by atoms with van der Waals surface area (Å²) in [7, 11) is 1.26. The highest BCUT2D eigenvalue weighted by molar-refractivity contribution is 6.30. The van der Waals surface area contributed by atoms with E-state index in [1.54, 1.807) is 24.3 Å². The first-order chi connectivity index (χ1) is 13.3. The summed E-state index contributed by atoms with van der Waals surface area (Å²) in [6.07, 6.45) is 1.52. The molecule has 0 heterocycles. The predicted octanol–water partition coefficient (Wildman–Crippen LogP) is 3.90. The summed E-state index contributed by atoms with van der Waals surface area (Å²) in [6.45, 7) is 0. The van der Waals surface area contributed by atoms with E-state index in [1.807, 2.05) is 0 Å². The van der Waals surface area contributed by atoms with Crippen LogP contribution in [-0.2, 0) is 9.53 Å². The average Bonchev–Trinajstić information content (AvgIpc) is 2.68. The number of methoxy groups -OCH3 is 1. The van der Waals surface area contributed by atoms with Crippen molar-refractivity contribution in [3.8, 4) is 0 Å². The molecule has 0 saturated carbocycles. The molecule has 0 aliphatic rings. The predicted molar refractivity (Wildman–Crippen MR) is 103 cm³/mol. The number of hydrogen-bond acceptors (Lipinski definition) is 8. The van der Waals surface area contributed by atoms with E-state index in [4.69, 9.17) is 16.3 Å². The van der Waals surface area contributed by atoms with Crippen LogP contribution in [0.15, 0.2) is 47.6 Å². The number of nitrogens with one attached hydrogen (secondary N) is 1. The van der Waals surface area contributed by atoms with Crippen LogP contribution in [0.5, 0.6) is 0 Å². The molecule has 1 N–H and O–H groups in total. The van der Waals surface area contributed by atoms with E-state index in [-0.39, 0.29) is 12.1 Å². The highest BCUT2D eigenvalue weighted by Crippen LogP contribution is 2.29. The van der Waals surface area contributed by atoms with Crippen molar-refractivity contribution in [3.05, 3.63) is 73.3 Å². The minimum Gasteiger partial charge on any atom is -0.469 e. The molecule has 0 amide bonds. The molecule has 0 spiro atoms. The molecule has 0 bridgehead atoms. The van der Waals surface area contributed by atoms with Crippen LogP contribution in [0.3, 0.4) is 0 Å². The largest absolute Gasteiger partial charge is 0.469 e. The Morgan fingerprint density at radius 2 is 1.89 bits per heavy atom. The van der Waals surface area contributed by atoms with E-state index in [9.17, 15) is 25.0 Å². The lowest BCUT2D eigenvalue weighted by Gasteiger charge is -2.12. The molecule has 11 heteroatoms. The van der Waals surface area contributed by atoms with E-state index in [2.05, 4.69) is 10.5 Å². The lowest BCUT2D eigenvalue weighted by Crippen LogP contribution is -2.15. The van der Waals surface area contributed by atoms with Crippen LogP contribution in [-0.4, -0.2) is 29.1 Å². The number of esters is 1. The van der Waals surface area contributed by atoms with Gasteiger partial charge >= 0.3 is 11.7 Å². The van der Waals surface area contributed by atoms with Crippen molar-refractivity contribution in [2.45, 2.75) is 12.3 Å². The Hall–Kier alpha value is -3.53. The molecule has 0 aliphatic carbocycles. The average molecular weight is 407 g/mol. The van der Waals surface area contributed by atoms with Crippen LogP contribution in [0, 0.1) is 20.2 Å². The minimum atomic E-state index is -0.754. The maximum atomic E-state index is 12.0. The number of rotatable bonds is 8. The maximum Gasteiger partial charge on any atom is 0.313 e. The Morgan fingerprint density at radius 1 is 1.21 bits per heavy atom. The number of halogens is 1. The second-order valence-corrected chi connectivity index (χ2v) is 5.94. The summed E-state index contributed by atoms with van der Waals surface area (Å²) in [4.78, 5) is 32.4. The Balaban J connectivity index is 2.14. The van der Waals surface area contributed by atoms with Gasteiger partial charge in [-0.05, 0) is 23.8 Å². The van der Waals surface area contributed by atoms with Crippen molar-refractivity contribution < 1.29 is 19.4 Å². The fourth-order valence-electron chi connectivity index (χ4n) is 2.36. The topological polar surface area (TPSA) is 137 Å². The van der Waals surface area contributed by atoms with Gasteiger partial charge in [0.1, 0.15) is 5.69 Å². The first kappa shape index (κ1) is 20.8. The van der Waals surface area contributed by atoms with Gasteiger partial charge in [-0.15, -0.1) is 0 Å². The van der Waals surface area contributed by atoms with Crippen molar-refractivity contribution in [1.82, 2.24) is 0 Å². The SMILES string of the molecule is COC(=O)C(C/C=N/Nc1ccc([N+](=O)[O-])cc1[N+](=O)[O-])c1ccc(Cl)cc1. The zero-order valence-corrected chi connectivity index (χ0v) is 15.3. The lowest BCUT2D eigenvalue weighted by atomic mass is 9.96. The van der Waals surface area contributed by atoms with E-state index in [0.29, 0.717) is 10.6 Å². The third-order valence-electron chi connectivity index (χ3n) is 3.76. The van der Waals surface area contributed by atoms with Gasteiger partial charge in [-0.3, -0.25) is 30.4 Å². The molecule has 146 valence electrons. The number of hydrazone groups is 1. The third-order valence-corrected chi connectivity index (χ3v) is 4.02. The van der Waals surface area contributed by atoms with Crippen LogP contribution < -0.4 is 5.43 Å². The first-order valence-corrected chi connectivity index (χ1v) is 8.25. The Labute approximate surface area is 164 Å². The first-order valence-electron chi connectivity index (χ1n) is 7.87. The summed E-state index contributed by atoms with van der Waals surface area (Å²) in [5.41, 5.74) is 2.22. The van der Waals surface area contributed by atoms with E-state index in [1.165, 1.54) is 19.4 Å². The van der Waals surface area contributed by atoms with Gasteiger partial charge in [0.2, 0.25) is 0 Å². The number of ether oxygens (including phenoxy) is 1. The standard InChI is InChI=1S/C17H15ClN4O6/c1-28-17(23)14(11-2-4-12(18)5-3-11)8-9-19-20-15-7-6-13(21(24)25)10-16(15)22(26)27/h2-7,9-10,14,20H,8H2,1H3/b19-9+. The highest BCUT2D eigenvalue weighted by atomic mass is 35.5. The van der Waals surface area contributed by atoms with Crippen molar-refractivity contribution in [3.63, 3.8) is 0 Å². The summed E-state index contributed by atoms with van der Waals surface area (Å²) in [5, 5.41) is 26.2. The monoisotopic (exact) mass is 406 g/mol. The number of hydrogen-bond donors (Lipinski definition) is 1. The summed E-state index contributed by atoms with van der Waals surface area (Å²) < 4.78 is 4.79. The molecule has 2 rings (SSSR count). The van der Waals surface area contributed by atoms with Gasteiger partial charge in [-0.25, -0.2) is 0 Å².